The number of morpholine rings is 1. The first-order valence-corrected chi connectivity index (χ1v) is 12.5. The Kier molecular flexibility index (Phi) is 5.82. The fourth-order valence-electron chi connectivity index (χ4n) is 5.74. The predicted molar refractivity (Wildman–Crippen MR) is 131 cm³/mol. The lowest BCUT2D eigenvalue weighted by atomic mass is 9.54. The highest BCUT2D eigenvalue weighted by atomic mass is 16.5. The van der Waals surface area contributed by atoms with Crippen molar-refractivity contribution in [3.8, 4) is 11.3 Å². The Morgan fingerprint density at radius 2 is 1.97 bits per heavy atom. The van der Waals surface area contributed by atoms with E-state index < -0.39 is 0 Å². The van der Waals surface area contributed by atoms with Crippen molar-refractivity contribution < 1.29 is 9.53 Å². The molecule has 2 saturated carbocycles. The van der Waals surface area contributed by atoms with Gasteiger partial charge in [-0.05, 0) is 49.3 Å². The SMILES string of the molecule is O=C(NC1CC2(CCC2)C1)c1cc2cc(-c3ccncn3)cnc2n(CCN2CCOCC2)c1=O. The predicted octanol–water partition coefficient (Wildman–Crippen LogP) is 2.25. The third-order valence-corrected chi connectivity index (χ3v) is 7.90. The number of carbonyl (C=O) groups excluding carboxylic acids is 1. The van der Waals surface area contributed by atoms with E-state index in [1.807, 2.05) is 12.1 Å². The molecule has 3 aromatic heterocycles. The quantitative estimate of drug-likeness (QED) is 0.585. The molecule has 2 aliphatic carbocycles. The van der Waals surface area contributed by atoms with Crippen LogP contribution in [0.5, 0.6) is 0 Å². The van der Waals surface area contributed by atoms with Crippen LogP contribution < -0.4 is 10.9 Å². The van der Waals surface area contributed by atoms with Gasteiger partial charge >= 0.3 is 0 Å². The van der Waals surface area contributed by atoms with E-state index in [9.17, 15) is 9.59 Å². The van der Waals surface area contributed by atoms with Crippen molar-refractivity contribution in [1.82, 2.24) is 29.7 Å². The van der Waals surface area contributed by atoms with Crippen molar-refractivity contribution in [2.45, 2.75) is 44.7 Å². The number of aromatic nitrogens is 4. The Morgan fingerprint density at radius 1 is 1.14 bits per heavy atom. The molecule has 182 valence electrons. The molecule has 1 amide bonds. The first-order chi connectivity index (χ1) is 17.1. The molecule has 0 unspecified atom stereocenters. The summed E-state index contributed by atoms with van der Waals surface area (Å²) in [6, 6.07) is 5.61. The van der Waals surface area contributed by atoms with Crippen LogP contribution in [0.1, 0.15) is 42.5 Å². The second-order valence-electron chi connectivity index (χ2n) is 10.1. The van der Waals surface area contributed by atoms with Crippen molar-refractivity contribution >= 4 is 16.9 Å². The van der Waals surface area contributed by atoms with E-state index in [-0.39, 0.29) is 23.1 Å². The molecule has 0 radical (unpaired) electrons. The van der Waals surface area contributed by atoms with Crippen LogP contribution >= 0.6 is 0 Å². The normalized spacial score (nSPS) is 19.9. The molecule has 0 bridgehead atoms. The Hall–Kier alpha value is -3.17. The van der Waals surface area contributed by atoms with Crippen molar-refractivity contribution in [2.24, 2.45) is 5.41 Å². The van der Waals surface area contributed by atoms with Crippen LogP contribution in [0.4, 0.5) is 0 Å². The average Bonchev–Trinajstić information content (AvgIpc) is 2.84. The molecular formula is C26H30N6O3. The van der Waals surface area contributed by atoms with Gasteiger partial charge in [-0.25, -0.2) is 15.0 Å². The van der Waals surface area contributed by atoms with Crippen LogP contribution in [0.2, 0.25) is 0 Å². The monoisotopic (exact) mass is 474 g/mol. The molecule has 0 atom stereocenters. The topological polar surface area (TPSA) is 102 Å². The van der Waals surface area contributed by atoms with E-state index in [0.717, 1.165) is 42.6 Å². The zero-order valence-electron chi connectivity index (χ0n) is 19.8. The molecule has 3 aromatic rings. The van der Waals surface area contributed by atoms with Crippen molar-refractivity contribution in [3.05, 3.63) is 52.8 Å². The summed E-state index contributed by atoms with van der Waals surface area (Å²) in [5.74, 6) is -0.288. The second-order valence-corrected chi connectivity index (χ2v) is 10.1. The number of amides is 1. The number of nitrogens with zero attached hydrogens (tertiary/aromatic N) is 5. The third-order valence-electron chi connectivity index (χ3n) is 7.90. The summed E-state index contributed by atoms with van der Waals surface area (Å²) < 4.78 is 7.10. The lowest BCUT2D eigenvalue weighted by molar-refractivity contribution is -0.000651. The number of pyridine rings is 2. The lowest BCUT2D eigenvalue weighted by Gasteiger charge is -2.54. The van der Waals surface area contributed by atoms with Gasteiger partial charge in [0.25, 0.3) is 11.5 Å². The number of nitrogens with one attached hydrogen (secondary N) is 1. The van der Waals surface area contributed by atoms with Gasteiger partial charge in [-0.3, -0.25) is 19.1 Å². The smallest absolute Gasteiger partial charge is 0.265 e. The molecule has 3 aliphatic rings. The molecule has 1 saturated heterocycles. The van der Waals surface area contributed by atoms with Crippen LogP contribution in [-0.4, -0.2) is 69.2 Å². The minimum atomic E-state index is -0.289. The molecule has 9 nitrogen and oxygen atoms in total. The van der Waals surface area contributed by atoms with E-state index in [1.54, 1.807) is 23.0 Å². The maximum atomic E-state index is 13.5. The van der Waals surface area contributed by atoms with Gasteiger partial charge in [0.15, 0.2) is 0 Å². The van der Waals surface area contributed by atoms with Gasteiger partial charge in [-0.15, -0.1) is 0 Å². The largest absolute Gasteiger partial charge is 0.379 e. The number of rotatable bonds is 6. The van der Waals surface area contributed by atoms with Gasteiger partial charge in [0.2, 0.25) is 0 Å². The minimum Gasteiger partial charge on any atom is -0.379 e. The number of hydrogen-bond donors (Lipinski definition) is 1. The van der Waals surface area contributed by atoms with E-state index in [1.165, 1.54) is 25.6 Å². The van der Waals surface area contributed by atoms with Crippen LogP contribution in [0.3, 0.4) is 0 Å². The molecule has 9 heteroatoms. The van der Waals surface area contributed by atoms with Crippen LogP contribution in [0.25, 0.3) is 22.3 Å². The van der Waals surface area contributed by atoms with Gasteiger partial charge in [-0.2, -0.15) is 0 Å². The number of fused-ring (bicyclic) bond motifs is 1. The first-order valence-electron chi connectivity index (χ1n) is 12.5. The molecular weight excluding hydrogens is 444 g/mol. The highest BCUT2D eigenvalue weighted by molar-refractivity contribution is 5.97. The zero-order valence-corrected chi connectivity index (χ0v) is 19.8. The van der Waals surface area contributed by atoms with Gasteiger partial charge in [0.05, 0.1) is 18.9 Å². The molecule has 1 N–H and O–H groups in total. The standard InChI is InChI=1S/C26H30N6O3/c33-24(30-20-14-26(15-20)3-1-4-26)21-13-18-12-19(22-2-5-27-17-29-22)16-28-23(18)32(25(21)34)7-6-31-8-10-35-11-9-31/h2,5,12-13,16-17,20H,1,3-4,6-11,14-15H2,(H,30,33). The van der Waals surface area contributed by atoms with E-state index in [2.05, 4.69) is 25.2 Å². The average molecular weight is 475 g/mol. The summed E-state index contributed by atoms with van der Waals surface area (Å²) in [6.45, 7) is 4.22. The van der Waals surface area contributed by atoms with Crippen molar-refractivity contribution in [1.29, 1.82) is 0 Å². The summed E-state index contributed by atoms with van der Waals surface area (Å²) in [5.41, 5.74) is 2.48. The fourth-order valence-corrected chi connectivity index (χ4v) is 5.74. The molecule has 3 fully saturated rings. The van der Waals surface area contributed by atoms with E-state index in [0.29, 0.717) is 37.4 Å². The van der Waals surface area contributed by atoms with Gasteiger partial charge in [0.1, 0.15) is 17.5 Å². The molecule has 1 spiro atoms. The summed E-state index contributed by atoms with van der Waals surface area (Å²) in [6.07, 6.45) is 10.8. The summed E-state index contributed by atoms with van der Waals surface area (Å²) in [7, 11) is 0. The van der Waals surface area contributed by atoms with Crippen LogP contribution in [-0.2, 0) is 11.3 Å². The van der Waals surface area contributed by atoms with E-state index in [4.69, 9.17) is 4.74 Å². The zero-order chi connectivity index (χ0) is 23.8. The van der Waals surface area contributed by atoms with Crippen LogP contribution in [0.15, 0.2) is 41.7 Å². The third kappa shape index (κ3) is 4.34. The fraction of sp³-hybridized carbons (Fsp3) is 0.500. The summed E-state index contributed by atoms with van der Waals surface area (Å²) >= 11 is 0. The second kappa shape index (κ2) is 9.13. The molecule has 4 heterocycles. The van der Waals surface area contributed by atoms with Gasteiger partial charge in [-0.1, -0.05) is 6.42 Å². The number of ether oxygens (including phenoxy) is 1. The molecule has 1 aliphatic heterocycles. The van der Waals surface area contributed by atoms with Gasteiger partial charge < -0.3 is 10.1 Å². The Bertz CT molecular complexity index is 1290. The minimum absolute atomic E-state index is 0.158. The maximum Gasteiger partial charge on any atom is 0.265 e. The van der Waals surface area contributed by atoms with E-state index >= 15 is 0 Å². The molecule has 6 rings (SSSR count). The maximum absolute atomic E-state index is 13.5. The van der Waals surface area contributed by atoms with Crippen molar-refractivity contribution in [3.63, 3.8) is 0 Å². The number of hydrogen-bond acceptors (Lipinski definition) is 7. The summed E-state index contributed by atoms with van der Waals surface area (Å²) in [5, 5.41) is 3.87. The van der Waals surface area contributed by atoms with Gasteiger partial charge in [0, 0.05) is 55.6 Å². The highest BCUT2D eigenvalue weighted by Crippen LogP contribution is 2.55. The Balaban J connectivity index is 1.33. The highest BCUT2D eigenvalue weighted by Gasteiger charge is 2.48. The molecule has 0 aromatic carbocycles. The Labute approximate surface area is 203 Å². The number of carbonyl (C=O) groups is 1. The van der Waals surface area contributed by atoms with Crippen molar-refractivity contribution in [2.75, 3.05) is 32.8 Å². The van der Waals surface area contributed by atoms with Crippen LogP contribution in [0, 0.1) is 5.41 Å². The first kappa shape index (κ1) is 22.3. The Morgan fingerprint density at radius 3 is 2.69 bits per heavy atom. The summed E-state index contributed by atoms with van der Waals surface area (Å²) in [4.78, 5) is 42.0. The lowest BCUT2D eigenvalue weighted by Crippen LogP contribution is -2.54. The molecule has 35 heavy (non-hydrogen) atoms.